The summed E-state index contributed by atoms with van der Waals surface area (Å²) in [5, 5.41) is 3.36. The van der Waals surface area contributed by atoms with Crippen LogP contribution in [-0.2, 0) is 9.53 Å². The lowest BCUT2D eigenvalue weighted by Crippen LogP contribution is -2.44. The van der Waals surface area contributed by atoms with E-state index in [1.54, 1.807) is 0 Å². The molecule has 1 aliphatic heterocycles. The van der Waals surface area contributed by atoms with Gasteiger partial charge >= 0.3 is 5.97 Å². The van der Waals surface area contributed by atoms with Gasteiger partial charge in [-0.2, -0.15) is 0 Å². The summed E-state index contributed by atoms with van der Waals surface area (Å²) in [5.74, 6) is 0.462. The van der Waals surface area contributed by atoms with E-state index in [9.17, 15) is 4.79 Å². The molecule has 1 heterocycles. The lowest BCUT2D eigenvalue weighted by Gasteiger charge is -2.29. The average Bonchev–Trinajstić information content (AvgIpc) is 2.54. The number of rotatable bonds is 5. The second-order valence-electron chi connectivity index (χ2n) is 5.04. The van der Waals surface area contributed by atoms with Crippen molar-refractivity contribution in [3.8, 4) is 0 Å². The molecule has 100 valence electrons. The molecule has 1 rings (SSSR count). The SMILES string of the molecule is CCOC(=O)C(CC(C)C)N1CCCNCC1. The Morgan fingerprint density at radius 3 is 2.76 bits per heavy atom. The van der Waals surface area contributed by atoms with Gasteiger partial charge in [-0.25, -0.2) is 0 Å². The summed E-state index contributed by atoms with van der Waals surface area (Å²) in [7, 11) is 0. The summed E-state index contributed by atoms with van der Waals surface area (Å²) in [6.07, 6.45) is 1.99. The predicted molar refractivity (Wildman–Crippen MR) is 68.9 cm³/mol. The summed E-state index contributed by atoms with van der Waals surface area (Å²) in [4.78, 5) is 14.3. The molecule has 0 aromatic carbocycles. The van der Waals surface area contributed by atoms with Crippen molar-refractivity contribution in [1.82, 2.24) is 10.2 Å². The molecular weight excluding hydrogens is 216 g/mol. The summed E-state index contributed by atoms with van der Waals surface area (Å²) in [5.41, 5.74) is 0. The van der Waals surface area contributed by atoms with Gasteiger partial charge in [0.2, 0.25) is 0 Å². The lowest BCUT2D eigenvalue weighted by atomic mass is 10.0. The fourth-order valence-electron chi connectivity index (χ4n) is 2.26. The zero-order valence-electron chi connectivity index (χ0n) is 11.4. The maximum atomic E-state index is 12.0. The van der Waals surface area contributed by atoms with Crippen molar-refractivity contribution >= 4 is 5.97 Å². The van der Waals surface area contributed by atoms with Crippen molar-refractivity contribution in [1.29, 1.82) is 0 Å². The largest absolute Gasteiger partial charge is 0.465 e. The van der Waals surface area contributed by atoms with Gasteiger partial charge in [-0.3, -0.25) is 9.69 Å². The molecule has 1 unspecified atom stereocenters. The second-order valence-corrected chi connectivity index (χ2v) is 5.04. The van der Waals surface area contributed by atoms with Crippen LogP contribution in [0.2, 0.25) is 0 Å². The minimum Gasteiger partial charge on any atom is -0.465 e. The van der Waals surface area contributed by atoms with E-state index in [1.807, 2.05) is 6.92 Å². The number of ether oxygens (including phenoxy) is 1. The Balaban J connectivity index is 2.62. The van der Waals surface area contributed by atoms with Crippen molar-refractivity contribution in [3.05, 3.63) is 0 Å². The molecule has 1 aliphatic rings. The number of hydrogen-bond donors (Lipinski definition) is 1. The van der Waals surface area contributed by atoms with Gasteiger partial charge in [-0.1, -0.05) is 13.8 Å². The van der Waals surface area contributed by atoms with E-state index in [-0.39, 0.29) is 12.0 Å². The quantitative estimate of drug-likeness (QED) is 0.737. The van der Waals surface area contributed by atoms with Gasteiger partial charge in [-0.15, -0.1) is 0 Å². The van der Waals surface area contributed by atoms with Crippen molar-refractivity contribution in [2.45, 2.75) is 39.7 Å². The fourth-order valence-corrected chi connectivity index (χ4v) is 2.26. The van der Waals surface area contributed by atoms with Crippen molar-refractivity contribution in [2.24, 2.45) is 5.92 Å². The maximum Gasteiger partial charge on any atom is 0.323 e. The van der Waals surface area contributed by atoms with Crippen LogP contribution in [0.25, 0.3) is 0 Å². The van der Waals surface area contributed by atoms with E-state index >= 15 is 0 Å². The zero-order chi connectivity index (χ0) is 12.7. The van der Waals surface area contributed by atoms with E-state index in [4.69, 9.17) is 4.74 Å². The molecule has 1 saturated heterocycles. The Bertz CT molecular complexity index is 223. The first-order chi connectivity index (χ1) is 8.15. The highest BCUT2D eigenvalue weighted by atomic mass is 16.5. The highest BCUT2D eigenvalue weighted by Crippen LogP contribution is 2.14. The maximum absolute atomic E-state index is 12.0. The van der Waals surface area contributed by atoms with E-state index < -0.39 is 0 Å². The normalized spacial score (nSPS) is 20.0. The lowest BCUT2D eigenvalue weighted by molar-refractivity contribution is -0.150. The second kappa shape index (κ2) is 7.67. The number of esters is 1. The van der Waals surface area contributed by atoms with Gasteiger partial charge in [0.25, 0.3) is 0 Å². The Labute approximate surface area is 105 Å². The molecule has 0 spiro atoms. The first-order valence-electron chi connectivity index (χ1n) is 6.76. The van der Waals surface area contributed by atoms with Gasteiger partial charge < -0.3 is 10.1 Å². The molecule has 0 amide bonds. The van der Waals surface area contributed by atoms with Crippen molar-refractivity contribution in [3.63, 3.8) is 0 Å². The van der Waals surface area contributed by atoms with Gasteiger partial charge in [0, 0.05) is 19.6 Å². The van der Waals surface area contributed by atoms with Gasteiger partial charge in [0.1, 0.15) is 6.04 Å². The predicted octanol–water partition coefficient (Wildman–Crippen LogP) is 1.26. The minimum atomic E-state index is -0.0603. The van der Waals surface area contributed by atoms with Gasteiger partial charge in [0.05, 0.1) is 6.61 Å². The Hall–Kier alpha value is -0.610. The van der Waals surface area contributed by atoms with Gasteiger partial charge in [-0.05, 0) is 32.2 Å². The van der Waals surface area contributed by atoms with Crippen LogP contribution in [-0.4, -0.2) is 49.7 Å². The highest BCUT2D eigenvalue weighted by molar-refractivity contribution is 5.75. The molecule has 0 aromatic heterocycles. The number of carbonyl (C=O) groups is 1. The first-order valence-corrected chi connectivity index (χ1v) is 6.76. The molecule has 0 saturated carbocycles. The van der Waals surface area contributed by atoms with Crippen LogP contribution < -0.4 is 5.32 Å². The van der Waals surface area contributed by atoms with E-state index in [2.05, 4.69) is 24.1 Å². The van der Waals surface area contributed by atoms with Crippen LogP contribution in [0.15, 0.2) is 0 Å². The molecule has 4 heteroatoms. The monoisotopic (exact) mass is 242 g/mol. The van der Waals surface area contributed by atoms with Crippen molar-refractivity contribution < 1.29 is 9.53 Å². The number of nitrogens with one attached hydrogen (secondary N) is 1. The number of nitrogens with zero attached hydrogens (tertiary/aromatic N) is 1. The van der Waals surface area contributed by atoms with Crippen LogP contribution in [0.5, 0.6) is 0 Å². The third-order valence-electron chi connectivity index (χ3n) is 3.07. The van der Waals surface area contributed by atoms with E-state index in [0.717, 1.165) is 39.0 Å². The van der Waals surface area contributed by atoms with Crippen LogP contribution in [0.1, 0.15) is 33.6 Å². The highest BCUT2D eigenvalue weighted by Gasteiger charge is 2.28. The zero-order valence-corrected chi connectivity index (χ0v) is 11.4. The Kier molecular flexibility index (Phi) is 6.52. The molecule has 1 atom stereocenters. The van der Waals surface area contributed by atoms with Gasteiger partial charge in [0.15, 0.2) is 0 Å². The summed E-state index contributed by atoms with van der Waals surface area (Å²) < 4.78 is 5.20. The first kappa shape index (κ1) is 14.5. The minimum absolute atomic E-state index is 0.0527. The number of hydrogen-bond acceptors (Lipinski definition) is 4. The molecular formula is C13H26N2O2. The molecule has 1 fully saturated rings. The third-order valence-corrected chi connectivity index (χ3v) is 3.07. The third kappa shape index (κ3) is 5.04. The molecule has 0 aromatic rings. The molecule has 17 heavy (non-hydrogen) atoms. The topological polar surface area (TPSA) is 41.6 Å². The molecule has 1 N–H and O–H groups in total. The van der Waals surface area contributed by atoms with Crippen LogP contribution >= 0.6 is 0 Å². The standard InChI is InChI=1S/C13H26N2O2/c1-4-17-13(16)12(10-11(2)3)15-8-5-6-14-7-9-15/h11-12,14H,4-10H2,1-3H3. The molecule has 0 bridgehead atoms. The van der Waals surface area contributed by atoms with Crippen LogP contribution in [0.4, 0.5) is 0 Å². The summed E-state index contributed by atoms with van der Waals surface area (Å²) >= 11 is 0. The summed E-state index contributed by atoms with van der Waals surface area (Å²) in [6.45, 7) is 10.6. The fraction of sp³-hybridized carbons (Fsp3) is 0.923. The molecule has 0 aliphatic carbocycles. The van der Waals surface area contributed by atoms with E-state index in [0.29, 0.717) is 12.5 Å². The molecule has 4 nitrogen and oxygen atoms in total. The smallest absolute Gasteiger partial charge is 0.323 e. The number of carbonyl (C=O) groups excluding carboxylic acids is 1. The Morgan fingerprint density at radius 2 is 2.12 bits per heavy atom. The van der Waals surface area contributed by atoms with Crippen LogP contribution in [0.3, 0.4) is 0 Å². The average molecular weight is 242 g/mol. The van der Waals surface area contributed by atoms with Crippen molar-refractivity contribution in [2.75, 3.05) is 32.8 Å². The summed E-state index contributed by atoms with van der Waals surface area (Å²) in [6, 6.07) is -0.0603. The Morgan fingerprint density at radius 1 is 1.35 bits per heavy atom. The van der Waals surface area contributed by atoms with Crippen LogP contribution in [0, 0.1) is 5.92 Å². The van der Waals surface area contributed by atoms with E-state index in [1.165, 1.54) is 0 Å². The molecule has 0 radical (unpaired) electrons.